The van der Waals surface area contributed by atoms with E-state index in [1.165, 1.54) is 18.4 Å². The molecule has 0 fully saturated rings. The van der Waals surface area contributed by atoms with E-state index in [0.29, 0.717) is 24.0 Å². The fraction of sp³-hybridized carbons (Fsp3) is 0.179. The molecular weight excluding hydrogens is 1040 g/mol. The van der Waals surface area contributed by atoms with Gasteiger partial charge in [0.05, 0.1) is 69.2 Å². The van der Waals surface area contributed by atoms with Crippen LogP contribution < -0.4 is 41.9 Å². The Balaban J connectivity index is 1.17. The maximum Gasteiger partial charge on any atom is 0.256 e. The number of hydrogen-bond acceptors (Lipinski definition) is 2. The molecule has 84 heavy (non-hydrogen) atoms. The Morgan fingerprint density at radius 3 is 1.75 bits per heavy atom. The van der Waals surface area contributed by atoms with Gasteiger partial charge in [-0.25, -0.2) is 0 Å². The highest BCUT2D eigenvalue weighted by Gasteiger charge is 2.51. The summed E-state index contributed by atoms with van der Waals surface area (Å²) in [5, 5.41) is -5.65. The summed E-state index contributed by atoms with van der Waals surface area (Å²) in [5.74, 6) is -1.31. The van der Waals surface area contributed by atoms with Gasteiger partial charge in [0.25, 0.3) is 6.71 Å². The average molecular weight is 1130 g/mol. The predicted molar refractivity (Wildman–Crippen MR) is 353 cm³/mol. The molecule has 0 amide bonds. The first-order valence-electron chi connectivity index (χ1n) is 44.6. The van der Waals surface area contributed by atoms with Gasteiger partial charge in [-0.15, -0.1) is 0 Å². The standard InChI is InChI=1S/C78H63BN2O2Si/c1-75(2)38-39-76(3,4)60-45-65-55(44-59(60)75)51-36-37-61-74(73(51)82-65)83-66-41-46(80-63-35-23-20-32-54(63)67-71(80)52-30-18-21-33-57(52)77(67,5)6)40-64-69(66)79(61)62-43-50(42-56-68-72(81(64)70(56)62)53-31-19-22-34-58(53)78(68,7)8)84(47-24-12-9-13-25-47,48-26-14-10-15-27-48)49-28-16-11-17-29-49/h9-37,40-45H,38-39H2,1-8H3/i9D,10D,11D,12D,13D,14D,15D,16D,17D,19D,20D,21D,22D,23D,24D,25D,26D,27D,28D,29D,30D,31D,32D,33D,34D,35D,36D,37D,40D,41D,42D,43D,44D,45D. The van der Waals surface area contributed by atoms with Crippen molar-refractivity contribution in [1.82, 2.24) is 9.13 Å². The van der Waals surface area contributed by atoms with Crippen LogP contribution >= 0.6 is 0 Å². The largest absolute Gasteiger partial charge is 0.454 e. The third kappa shape index (κ3) is 5.99. The molecule has 6 heteroatoms. The lowest BCUT2D eigenvalue weighted by molar-refractivity contribution is 0.332. The Hall–Kier alpha value is -8.84. The molecule has 0 radical (unpaired) electrons. The summed E-state index contributed by atoms with van der Waals surface area (Å²) in [6.07, 6.45) is 1.05. The van der Waals surface area contributed by atoms with E-state index in [1.807, 2.05) is 27.7 Å². The predicted octanol–water partition coefficient (Wildman–Crippen LogP) is 14.7. The zero-order chi connectivity index (χ0) is 86.1. The number of rotatable bonds is 5. The molecule has 404 valence electrons. The van der Waals surface area contributed by atoms with Crippen LogP contribution in [0.5, 0.6) is 11.5 Å². The van der Waals surface area contributed by atoms with E-state index in [9.17, 15) is 41.1 Å². The molecule has 4 nitrogen and oxygen atoms in total. The van der Waals surface area contributed by atoms with E-state index in [1.54, 1.807) is 13.8 Å². The first kappa shape index (κ1) is 26.0. The van der Waals surface area contributed by atoms with Crippen molar-refractivity contribution in [2.75, 3.05) is 0 Å². The summed E-state index contributed by atoms with van der Waals surface area (Å²) in [5.41, 5.74) is -10.0. The molecule has 0 saturated heterocycles. The highest BCUT2D eigenvalue weighted by atomic mass is 28.3. The summed E-state index contributed by atoms with van der Waals surface area (Å²) in [7, 11) is -6.75. The van der Waals surface area contributed by atoms with E-state index in [4.69, 9.17) is 14.6 Å². The van der Waals surface area contributed by atoms with Crippen LogP contribution in [0.15, 0.2) is 216 Å². The van der Waals surface area contributed by atoms with Crippen LogP contribution in [-0.2, 0) is 21.7 Å². The summed E-state index contributed by atoms with van der Waals surface area (Å²) in [6.45, 7) is 11.6. The van der Waals surface area contributed by atoms with Gasteiger partial charge in [-0.3, -0.25) is 0 Å². The lowest BCUT2D eigenvalue weighted by Crippen LogP contribution is -2.75. The third-order valence-electron chi connectivity index (χ3n) is 18.6. The van der Waals surface area contributed by atoms with E-state index in [-0.39, 0.29) is 78.6 Å². The van der Waals surface area contributed by atoms with Crippen LogP contribution in [0.25, 0.3) is 77.6 Å². The molecule has 5 aliphatic rings. The minimum Gasteiger partial charge on any atom is -0.454 e. The topological polar surface area (TPSA) is 32.2 Å². The quantitative estimate of drug-likeness (QED) is 0.127. The van der Waals surface area contributed by atoms with Gasteiger partial charge in [0.15, 0.2) is 19.4 Å². The number of aromatic nitrogens is 2. The van der Waals surface area contributed by atoms with Gasteiger partial charge >= 0.3 is 0 Å². The fourth-order valence-electron chi connectivity index (χ4n) is 14.6. The van der Waals surface area contributed by atoms with Crippen LogP contribution in [0.4, 0.5) is 0 Å². The Morgan fingerprint density at radius 2 is 1.06 bits per heavy atom. The Morgan fingerprint density at radius 1 is 0.476 bits per heavy atom. The van der Waals surface area contributed by atoms with E-state index in [0.717, 1.165) is 10.6 Å². The highest BCUT2D eigenvalue weighted by molar-refractivity contribution is 7.20. The van der Waals surface area contributed by atoms with Gasteiger partial charge < -0.3 is 18.3 Å². The molecule has 10 aromatic carbocycles. The average Bonchev–Trinajstić information content (AvgIpc) is 1.42. The van der Waals surface area contributed by atoms with Gasteiger partial charge in [-0.2, -0.15) is 0 Å². The number of fused-ring (bicyclic) bond motifs is 19. The molecule has 0 atom stereocenters. The molecule has 0 spiro atoms. The molecule has 3 aliphatic carbocycles. The SMILES string of the molecule is [2H]c1cc([2H])c2c(c1[2H])C(C)(C)c1c-2n(-c2c([2H])c3c4c(c2[2H])-n2c5c(c6c([2H])c([Si](c7c([2H])c([2H])c([2H])c([2H])c7[2H])(c7c([2H])c([2H])c([2H])c([2H])c7[2H])c7c([2H])c([2H])c([2H])c([2H])c7[2H])c([2H])c(c62)B4c2c([2H])c([2H])c4c(oc6c([2H])c7c(c([2H])c64)C(C)(C)CCC7(C)C)c2O3)C(C)(C)c2c([2H])c([2H])c([2H])c([2H])c2-5)c2c([2H])c([2H])c([2H])c([2H])c12. The minimum absolute atomic E-state index is 0.0298. The number of furan rings is 1. The lowest BCUT2D eigenvalue weighted by Gasteiger charge is -2.41. The number of benzene rings is 10. The van der Waals surface area contributed by atoms with Gasteiger partial charge in [-0.1, -0.05) is 237 Å². The number of ether oxygens (including phenoxy) is 1. The molecule has 3 aromatic heterocycles. The molecule has 0 bridgehead atoms. The Labute approximate surface area is 539 Å². The molecule has 0 unspecified atom stereocenters. The van der Waals surface area contributed by atoms with Crippen molar-refractivity contribution in [3.8, 4) is 45.4 Å². The first-order valence-corrected chi connectivity index (χ1v) is 29.6. The van der Waals surface area contributed by atoms with Crippen LogP contribution in [0.3, 0.4) is 0 Å². The molecule has 13 aromatic rings. The maximum absolute atomic E-state index is 11.8. The van der Waals surface area contributed by atoms with Gasteiger partial charge in [0, 0.05) is 60.7 Å². The lowest BCUT2D eigenvalue weighted by atomic mass is 9.34. The van der Waals surface area contributed by atoms with Crippen LogP contribution in [0.2, 0.25) is 0 Å². The molecule has 5 heterocycles. The Kier molecular flexibility index (Phi) is 5.03. The van der Waals surface area contributed by atoms with Crippen molar-refractivity contribution >= 4 is 95.7 Å². The third-order valence-corrected chi connectivity index (χ3v) is 22.6. The zero-order valence-electron chi connectivity index (χ0n) is 80.3. The summed E-state index contributed by atoms with van der Waals surface area (Å²) in [6, 6.07) is -30.5. The fourth-order valence-corrected chi connectivity index (χ4v) is 18.2. The number of para-hydroxylation sites is 1. The highest BCUT2D eigenvalue weighted by Crippen LogP contribution is 2.57. The van der Waals surface area contributed by atoms with Gasteiger partial charge in [-0.05, 0) is 118 Å². The molecule has 2 aliphatic heterocycles. The second kappa shape index (κ2) is 16.3. The second-order valence-corrected chi connectivity index (χ2v) is 28.2. The summed E-state index contributed by atoms with van der Waals surface area (Å²) < 4.78 is 356. The van der Waals surface area contributed by atoms with Crippen molar-refractivity contribution in [3.05, 3.63) is 245 Å². The van der Waals surface area contributed by atoms with Crippen molar-refractivity contribution < 1.29 is 55.8 Å². The van der Waals surface area contributed by atoms with Crippen molar-refractivity contribution in [3.63, 3.8) is 0 Å². The molecular formula is C78H63BN2O2Si. The Bertz CT molecular complexity index is 6920. The van der Waals surface area contributed by atoms with Crippen molar-refractivity contribution in [2.24, 2.45) is 0 Å². The van der Waals surface area contributed by atoms with E-state index < -0.39 is 312 Å². The van der Waals surface area contributed by atoms with Gasteiger partial charge in [0.1, 0.15) is 11.3 Å². The summed E-state index contributed by atoms with van der Waals surface area (Å²) >= 11 is 0. The normalized spacial score (nSPS) is 22.4. The molecule has 0 N–H and O–H groups in total. The zero-order valence-corrected chi connectivity index (χ0v) is 47.3. The van der Waals surface area contributed by atoms with Crippen molar-refractivity contribution in [2.45, 2.75) is 89.9 Å². The van der Waals surface area contributed by atoms with Crippen LogP contribution in [-0.4, -0.2) is 23.9 Å². The number of hydrogen-bond donors (Lipinski definition) is 0. The van der Waals surface area contributed by atoms with Crippen LogP contribution in [0.1, 0.15) is 148 Å². The monoisotopic (exact) mass is 1130 g/mol. The smallest absolute Gasteiger partial charge is 0.256 e. The minimum atomic E-state index is -6.75. The van der Waals surface area contributed by atoms with Gasteiger partial charge in [0.2, 0.25) is 0 Å². The molecule has 18 rings (SSSR count). The van der Waals surface area contributed by atoms with Crippen molar-refractivity contribution in [1.29, 1.82) is 0 Å². The number of nitrogens with zero attached hydrogens (tertiary/aromatic N) is 2. The second-order valence-electron chi connectivity index (χ2n) is 24.7. The van der Waals surface area contributed by atoms with E-state index in [2.05, 4.69) is 0 Å². The molecule has 0 saturated carbocycles. The maximum atomic E-state index is 11.8. The summed E-state index contributed by atoms with van der Waals surface area (Å²) in [4.78, 5) is 0. The van der Waals surface area contributed by atoms with E-state index >= 15 is 0 Å². The first-order chi connectivity index (χ1) is 54.8. The van der Waals surface area contributed by atoms with Crippen LogP contribution in [0, 0.1) is 0 Å².